The first-order valence-electron chi connectivity index (χ1n) is 9.14. The molecule has 0 aliphatic heterocycles. The van der Waals surface area contributed by atoms with Crippen molar-refractivity contribution >= 4 is 17.5 Å². The number of para-hydroxylation sites is 2. The highest BCUT2D eigenvalue weighted by molar-refractivity contribution is 6.00. The highest BCUT2D eigenvalue weighted by atomic mass is 16.5. The van der Waals surface area contributed by atoms with E-state index in [0.29, 0.717) is 28.5 Å². The number of anilines is 1. The summed E-state index contributed by atoms with van der Waals surface area (Å²) >= 11 is 0. The summed E-state index contributed by atoms with van der Waals surface area (Å²) in [5.41, 5.74) is 1.10. The quantitative estimate of drug-likeness (QED) is 0.632. The number of rotatable bonds is 7. The summed E-state index contributed by atoms with van der Waals surface area (Å²) < 4.78 is 11.1. The molecule has 3 aromatic rings. The van der Waals surface area contributed by atoms with Gasteiger partial charge >= 0.3 is 0 Å². The summed E-state index contributed by atoms with van der Waals surface area (Å²) in [5, 5.41) is 5.46. The van der Waals surface area contributed by atoms with Crippen molar-refractivity contribution in [2.75, 3.05) is 12.4 Å². The molecule has 0 saturated heterocycles. The largest absolute Gasteiger partial charge is 0.493 e. The van der Waals surface area contributed by atoms with E-state index < -0.39 is 6.04 Å². The van der Waals surface area contributed by atoms with Gasteiger partial charge in [-0.1, -0.05) is 30.3 Å². The Morgan fingerprint density at radius 1 is 0.828 bits per heavy atom. The maximum atomic E-state index is 12.4. The van der Waals surface area contributed by atoms with Gasteiger partial charge in [0.1, 0.15) is 11.8 Å². The fourth-order valence-electron chi connectivity index (χ4n) is 2.62. The van der Waals surface area contributed by atoms with Crippen molar-refractivity contribution in [3.8, 4) is 17.2 Å². The van der Waals surface area contributed by atoms with Crippen LogP contribution in [-0.2, 0) is 4.79 Å². The third kappa shape index (κ3) is 5.35. The lowest BCUT2D eigenvalue weighted by Crippen LogP contribution is -2.41. The Morgan fingerprint density at radius 3 is 2.10 bits per heavy atom. The molecule has 0 spiro atoms. The number of hydrogen-bond acceptors (Lipinski definition) is 4. The maximum Gasteiger partial charge on any atom is 0.251 e. The van der Waals surface area contributed by atoms with Gasteiger partial charge in [0.05, 0.1) is 7.11 Å². The van der Waals surface area contributed by atoms with Gasteiger partial charge < -0.3 is 20.1 Å². The van der Waals surface area contributed by atoms with Crippen LogP contribution >= 0.6 is 0 Å². The van der Waals surface area contributed by atoms with Gasteiger partial charge in [-0.2, -0.15) is 0 Å². The SMILES string of the molecule is COc1ccccc1Oc1ccc(NC(=O)C(C)NC(=O)c2ccccc2)cc1. The van der Waals surface area contributed by atoms with E-state index in [1.54, 1.807) is 62.6 Å². The molecule has 0 heterocycles. The number of nitrogens with one attached hydrogen (secondary N) is 2. The molecule has 3 rings (SSSR count). The summed E-state index contributed by atoms with van der Waals surface area (Å²) in [7, 11) is 1.58. The van der Waals surface area contributed by atoms with E-state index in [2.05, 4.69) is 10.6 Å². The van der Waals surface area contributed by atoms with Gasteiger partial charge in [0.25, 0.3) is 5.91 Å². The van der Waals surface area contributed by atoms with Crippen molar-refractivity contribution in [1.29, 1.82) is 0 Å². The second-order valence-electron chi connectivity index (χ2n) is 6.33. The Morgan fingerprint density at radius 2 is 1.45 bits per heavy atom. The van der Waals surface area contributed by atoms with Gasteiger partial charge in [-0.25, -0.2) is 0 Å². The maximum absolute atomic E-state index is 12.4. The second kappa shape index (κ2) is 9.41. The van der Waals surface area contributed by atoms with Crippen LogP contribution in [0.15, 0.2) is 78.9 Å². The fraction of sp³-hybridized carbons (Fsp3) is 0.130. The number of benzene rings is 3. The summed E-state index contributed by atoms with van der Waals surface area (Å²) in [6, 6.07) is 22.4. The minimum Gasteiger partial charge on any atom is -0.493 e. The van der Waals surface area contributed by atoms with Crippen molar-refractivity contribution in [2.24, 2.45) is 0 Å². The first kappa shape index (κ1) is 19.9. The first-order chi connectivity index (χ1) is 14.1. The molecule has 0 fully saturated rings. The molecule has 0 aliphatic rings. The van der Waals surface area contributed by atoms with Gasteiger partial charge in [0, 0.05) is 11.3 Å². The standard InChI is InChI=1S/C23H22N2O4/c1-16(24-23(27)17-8-4-3-5-9-17)22(26)25-18-12-14-19(15-13-18)29-21-11-7-6-10-20(21)28-2/h3-16H,1-2H3,(H,24,27)(H,25,26). The van der Waals surface area contributed by atoms with Crippen LogP contribution in [-0.4, -0.2) is 25.0 Å². The van der Waals surface area contributed by atoms with E-state index in [1.807, 2.05) is 30.3 Å². The zero-order valence-corrected chi connectivity index (χ0v) is 16.2. The molecule has 0 saturated carbocycles. The summed E-state index contributed by atoms with van der Waals surface area (Å²) in [5.74, 6) is 1.23. The highest BCUT2D eigenvalue weighted by Gasteiger charge is 2.16. The zero-order chi connectivity index (χ0) is 20.6. The monoisotopic (exact) mass is 390 g/mol. The number of methoxy groups -OCH3 is 1. The Balaban J connectivity index is 1.57. The number of amides is 2. The molecule has 2 amide bonds. The number of hydrogen-bond donors (Lipinski definition) is 2. The normalized spacial score (nSPS) is 11.2. The predicted molar refractivity (Wildman–Crippen MR) is 112 cm³/mol. The van der Waals surface area contributed by atoms with Crippen molar-refractivity contribution in [3.05, 3.63) is 84.4 Å². The van der Waals surface area contributed by atoms with E-state index >= 15 is 0 Å². The van der Waals surface area contributed by atoms with Gasteiger partial charge in [-0.15, -0.1) is 0 Å². The third-order valence-corrected chi connectivity index (χ3v) is 4.20. The molecule has 0 radical (unpaired) electrons. The second-order valence-corrected chi connectivity index (χ2v) is 6.33. The van der Waals surface area contributed by atoms with Crippen LogP contribution in [0.1, 0.15) is 17.3 Å². The number of ether oxygens (including phenoxy) is 2. The Labute approximate surface area is 169 Å². The molecule has 1 atom stereocenters. The van der Waals surface area contributed by atoms with Gasteiger partial charge in [0.2, 0.25) is 5.91 Å². The molecule has 3 aromatic carbocycles. The number of carbonyl (C=O) groups excluding carboxylic acids is 2. The summed E-state index contributed by atoms with van der Waals surface area (Å²) in [6.45, 7) is 1.63. The highest BCUT2D eigenvalue weighted by Crippen LogP contribution is 2.31. The zero-order valence-electron chi connectivity index (χ0n) is 16.2. The van der Waals surface area contributed by atoms with Crippen LogP contribution in [0.4, 0.5) is 5.69 Å². The van der Waals surface area contributed by atoms with Gasteiger partial charge in [0.15, 0.2) is 11.5 Å². The van der Waals surface area contributed by atoms with E-state index in [1.165, 1.54) is 0 Å². The lowest BCUT2D eigenvalue weighted by atomic mass is 10.2. The molecule has 2 N–H and O–H groups in total. The molecule has 6 nitrogen and oxygen atoms in total. The smallest absolute Gasteiger partial charge is 0.251 e. The summed E-state index contributed by atoms with van der Waals surface area (Å²) in [6.07, 6.45) is 0. The molecule has 0 aliphatic carbocycles. The van der Waals surface area contributed by atoms with Crippen LogP contribution in [0.2, 0.25) is 0 Å². The molecule has 0 bridgehead atoms. The van der Waals surface area contributed by atoms with Gasteiger partial charge in [-0.3, -0.25) is 9.59 Å². The minimum absolute atomic E-state index is 0.297. The van der Waals surface area contributed by atoms with Crippen LogP contribution in [0.5, 0.6) is 17.2 Å². The lowest BCUT2D eigenvalue weighted by molar-refractivity contribution is -0.117. The minimum atomic E-state index is -0.688. The Bertz CT molecular complexity index is 972. The van der Waals surface area contributed by atoms with Crippen molar-refractivity contribution in [2.45, 2.75) is 13.0 Å². The molecule has 1 unspecified atom stereocenters. The first-order valence-corrected chi connectivity index (χ1v) is 9.14. The molecule has 148 valence electrons. The molecule has 0 aromatic heterocycles. The fourth-order valence-corrected chi connectivity index (χ4v) is 2.62. The van der Waals surface area contributed by atoms with Crippen LogP contribution < -0.4 is 20.1 Å². The molecular weight excluding hydrogens is 368 g/mol. The van der Waals surface area contributed by atoms with E-state index in [9.17, 15) is 9.59 Å². The van der Waals surface area contributed by atoms with Crippen molar-refractivity contribution in [3.63, 3.8) is 0 Å². The van der Waals surface area contributed by atoms with E-state index in [4.69, 9.17) is 9.47 Å². The van der Waals surface area contributed by atoms with E-state index in [0.717, 1.165) is 0 Å². The summed E-state index contributed by atoms with van der Waals surface area (Å²) in [4.78, 5) is 24.5. The lowest BCUT2D eigenvalue weighted by Gasteiger charge is -2.15. The van der Waals surface area contributed by atoms with Crippen molar-refractivity contribution in [1.82, 2.24) is 5.32 Å². The van der Waals surface area contributed by atoms with Crippen LogP contribution in [0.25, 0.3) is 0 Å². The average Bonchev–Trinajstić information content (AvgIpc) is 2.76. The van der Waals surface area contributed by atoms with Crippen LogP contribution in [0.3, 0.4) is 0 Å². The molecule has 29 heavy (non-hydrogen) atoms. The van der Waals surface area contributed by atoms with Crippen LogP contribution in [0, 0.1) is 0 Å². The third-order valence-electron chi connectivity index (χ3n) is 4.20. The van der Waals surface area contributed by atoms with E-state index in [-0.39, 0.29) is 11.8 Å². The average molecular weight is 390 g/mol. The topological polar surface area (TPSA) is 76.7 Å². The predicted octanol–water partition coefficient (Wildman–Crippen LogP) is 4.24. The molecular formula is C23H22N2O4. The molecule has 6 heteroatoms. The van der Waals surface area contributed by atoms with Crippen molar-refractivity contribution < 1.29 is 19.1 Å². The number of carbonyl (C=O) groups is 2. The Kier molecular flexibility index (Phi) is 6.47. The Hall–Kier alpha value is -3.80. The van der Waals surface area contributed by atoms with Gasteiger partial charge in [-0.05, 0) is 55.5 Å².